The number of hydrogen-bond acceptors (Lipinski definition) is 2. The second-order valence-corrected chi connectivity index (χ2v) is 20.0. The van der Waals surface area contributed by atoms with E-state index in [2.05, 4.69) is 177 Å². The summed E-state index contributed by atoms with van der Waals surface area (Å²) in [5.74, 6) is 1.50. The molecule has 69 heavy (non-hydrogen) atoms. The average Bonchev–Trinajstić information content (AvgIpc) is 3.88. The van der Waals surface area contributed by atoms with Gasteiger partial charge in [0.15, 0.2) is 0 Å². The summed E-state index contributed by atoms with van der Waals surface area (Å²) in [5.41, 5.74) is 16.2. The van der Waals surface area contributed by atoms with E-state index < -0.39 is 6.85 Å². The van der Waals surface area contributed by atoms with E-state index in [0.29, 0.717) is 22.9 Å². The minimum Gasteiger partial charge on any atom is -0.0579 e. The van der Waals surface area contributed by atoms with Crippen LogP contribution < -0.4 is 4.74 Å². The van der Waals surface area contributed by atoms with Crippen molar-refractivity contribution >= 4 is 32.8 Å². The Hall–Kier alpha value is -7.33. The first-order valence-electron chi connectivity index (χ1n) is 25.2. The third kappa shape index (κ3) is 7.61. The van der Waals surface area contributed by atoms with Crippen LogP contribution in [0.1, 0.15) is 60.0 Å². The third-order valence-electron chi connectivity index (χ3n) is 13.6. The van der Waals surface area contributed by atoms with Crippen molar-refractivity contribution in [1.82, 2.24) is 18.7 Å². The molecule has 0 bridgehead atoms. The fraction of sp³-hybridized carbons (Fsp3) is 0.143. The van der Waals surface area contributed by atoms with Crippen molar-refractivity contribution in [2.45, 2.75) is 58.7 Å². The third-order valence-corrected chi connectivity index (χ3v) is 14.7. The van der Waals surface area contributed by atoms with E-state index >= 15 is 0 Å². The molecule has 8 aromatic carbocycles. The van der Waals surface area contributed by atoms with Crippen LogP contribution in [0.3, 0.4) is 0 Å². The Bertz CT molecular complexity index is 3940. The average molecular weight is 1080 g/mol. The maximum absolute atomic E-state index is 8.68. The molecule has 0 radical (unpaired) electrons. The smallest absolute Gasteiger partial charge is 0.0579 e. The number of ether oxygens (including phenoxy) is 1. The molecule has 0 aliphatic heterocycles. The zero-order valence-electron chi connectivity index (χ0n) is 41.7. The predicted octanol–water partition coefficient (Wildman–Crippen LogP) is 15.9. The topological polar surface area (TPSA) is 36.9 Å². The van der Waals surface area contributed by atoms with Gasteiger partial charge in [-0.15, -0.1) is 0 Å². The number of rotatable bonds is 8. The second-order valence-electron chi connectivity index (χ2n) is 19.0. The van der Waals surface area contributed by atoms with E-state index in [1.165, 1.54) is 51.1 Å². The molecule has 0 fully saturated rings. The Morgan fingerprint density at radius 3 is 2.01 bits per heavy atom. The molecule has 0 unspecified atom stereocenters. The summed E-state index contributed by atoms with van der Waals surface area (Å²) >= 11 is 2.50. The van der Waals surface area contributed by atoms with E-state index in [4.69, 9.17) is 13.8 Å². The van der Waals surface area contributed by atoms with Crippen LogP contribution >= 0.6 is 0 Å². The van der Waals surface area contributed by atoms with Crippen LogP contribution in [0.4, 0.5) is 0 Å². The van der Waals surface area contributed by atoms with Crippen molar-refractivity contribution in [3.8, 4) is 62.1 Å². The number of fused-ring (bicyclic) bond motifs is 5. The van der Waals surface area contributed by atoms with E-state index in [1.54, 1.807) is 12.3 Å². The molecule has 1 aliphatic rings. The Morgan fingerprint density at radius 2 is 1.26 bits per heavy atom. The number of para-hydroxylation sites is 3. The van der Waals surface area contributed by atoms with Gasteiger partial charge in [-0.05, 0) is 29.0 Å². The summed E-state index contributed by atoms with van der Waals surface area (Å²) in [6.45, 7) is 4.10. The molecule has 5 nitrogen and oxygen atoms in total. The van der Waals surface area contributed by atoms with Crippen molar-refractivity contribution in [3.63, 3.8) is 0 Å². The second kappa shape index (κ2) is 17.3. The first kappa shape index (κ1) is 39.6. The minimum atomic E-state index is -2.40. The molecule has 6 heteroatoms. The van der Waals surface area contributed by atoms with Crippen LogP contribution in [0.5, 0.6) is 11.5 Å². The number of aryl methyl sites for hydroxylation is 2. The number of aromatic nitrogens is 4. The van der Waals surface area contributed by atoms with Crippen molar-refractivity contribution in [3.05, 3.63) is 220 Å². The molecule has 0 amide bonds. The summed E-state index contributed by atoms with van der Waals surface area (Å²) in [6, 6.07) is 67.9. The molecular weight excluding hydrogens is 1020 g/mol. The fourth-order valence-electron chi connectivity index (χ4n) is 10.3. The van der Waals surface area contributed by atoms with Gasteiger partial charge < -0.3 is 0 Å². The molecule has 3 heterocycles. The number of benzene rings is 8. The number of pyridine rings is 1. The minimum absolute atomic E-state index is 0.0347. The molecule has 0 spiro atoms. The molecule has 0 saturated carbocycles. The van der Waals surface area contributed by atoms with Crippen LogP contribution in [0.25, 0.3) is 83.4 Å². The molecule has 11 aromatic rings. The summed E-state index contributed by atoms with van der Waals surface area (Å²) in [7, 11) is 0. The Labute approximate surface area is 418 Å². The first-order chi connectivity index (χ1) is 34.9. The van der Waals surface area contributed by atoms with E-state index in [9.17, 15) is 0 Å². The van der Waals surface area contributed by atoms with Crippen molar-refractivity contribution in [1.29, 1.82) is 0 Å². The van der Waals surface area contributed by atoms with Gasteiger partial charge in [-0.1, -0.05) is 57.2 Å². The van der Waals surface area contributed by atoms with Crippen molar-refractivity contribution < 1.29 is 28.2 Å². The zero-order chi connectivity index (χ0) is 49.3. The van der Waals surface area contributed by atoms with E-state index in [0.717, 1.165) is 67.2 Å². The molecule has 0 atom stereocenters. The zero-order valence-corrected chi connectivity index (χ0v) is 40.9. The van der Waals surface area contributed by atoms with Gasteiger partial charge >= 0.3 is 319 Å². The standard InChI is InChI=1S/C63H50N4O.Pt/c1-42-36-60(64-40-55(42)44-30-32-47(33-31-44)63(2,3)4)67-56-27-14-13-26-52(56)53-35-34-50(39-59(53)67)68-49-24-17-23-48(38-49)65-41-66(58-29-16-15-28-57(58)65)62-54(43-18-7-5-8-19-43)37-46-22-11-12-25-51(46)61(62)45-20-9-6-10-21-45;/h5-10,13-21,23-24,26-37,40H,11-12,22,25H2,1-4H3;/q-2;/i1D3;. The molecule has 0 N–H and O–H groups in total. The first-order valence-corrected chi connectivity index (χ1v) is 24.8. The van der Waals surface area contributed by atoms with Crippen LogP contribution in [0.15, 0.2) is 182 Å². The molecular formula is C63H50N4OPt-2. The summed E-state index contributed by atoms with van der Waals surface area (Å²) < 4.78 is 40.5. The van der Waals surface area contributed by atoms with Crippen molar-refractivity contribution in [2.24, 2.45) is 0 Å². The summed E-state index contributed by atoms with van der Waals surface area (Å²) in [6.07, 6.45) is 6.15. The Kier molecular flexibility index (Phi) is 9.95. The molecule has 3 aromatic heterocycles. The SMILES string of the molecule is [2H]C([2H])([2H])c1cc(-n2c3[c-]c(Oc4[c-]c(-n5[c](=[Pt])n(-c6c(-c7ccccc7)cc7c(c6-c6ccccc6)CCCC7)c6ccccc65)ccc4)ccc3c3ccccc32)ncc1-c1ccc(C(C)(C)C)cc1. The van der Waals surface area contributed by atoms with Gasteiger partial charge in [-0.25, -0.2) is 0 Å². The maximum atomic E-state index is 8.68. The van der Waals surface area contributed by atoms with Crippen LogP contribution in [0.2, 0.25) is 0 Å². The normalized spacial score (nSPS) is 13.6. The van der Waals surface area contributed by atoms with Crippen LogP contribution in [0, 0.1) is 22.8 Å². The van der Waals surface area contributed by atoms with Gasteiger partial charge in [0.05, 0.1) is 0 Å². The quantitative estimate of drug-likeness (QED) is 0.142. The Morgan fingerprint density at radius 1 is 0.594 bits per heavy atom. The molecule has 12 rings (SSSR count). The monoisotopic (exact) mass is 1080 g/mol. The van der Waals surface area contributed by atoms with E-state index in [1.807, 2.05) is 59.2 Å². The summed E-state index contributed by atoms with van der Waals surface area (Å²) in [4.78, 5) is 4.97. The van der Waals surface area contributed by atoms with E-state index in [-0.39, 0.29) is 11.0 Å². The van der Waals surface area contributed by atoms with Crippen LogP contribution in [-0.4, -0.2) is 18.7 Å². The van der Waals surface area contributed by atoms with Gasteiger partial charge in [-0.2, -0.15) is 0 Å². The van der Waals surface area contributed by atoms with Gasteiger partial charge in [0.1, 0.15) is 0 Å². The van der Waals surface area contributed by atoms with Gasteiger partial charge in [0, 0.05) is 15.9 Å². The van der Waals surface area contributed by atoms with Crippen molar-refractivity contribution in [2.75, 3.05) is 0 Å². The number of nitrogens with zero attached hydrogens (tertiary/aromatic N) is 4. The van der Waals surface area contributed by atoms with Crippen LogP contribution in [-0.2, 0) is 37.6 Å². The molecule has 340 valence electrons. The Balaban J connectivity index is 0.976. The molecule has 0 saturated heterocycles. The van der Waals surface area contributed by atoms with Gasteiger partial charge in [0.2, 0.25) is 0 Å². The number of imidazole rings is 1. The summed E-state index contributed by atoms with van der Waals surface area (Å²) in [5, 5.41) is 1.94. The fourth-order valence-corrected chi connectivity index (χ4v) is 11.4. The van der Waals surface area contributed by atoms with Gasteiger partial charge in [0.25, 0.3) is 0 Å². The number of hydrogen-bond donors (Lipinski definition) is 0. The predicted molar refractivity (Wildman–Crippen MR) is 279 cm³/mol. The van der Waals surface area contributed by atoms with Gasteiger partial charge in [-0.3, -0.25) is 0 Å². The molecule has 1 aliphatic carbocycles.